The maximum absolute atomic E-state index is 13.8. The van der Waals surface area contributed by atoms with E-state index in [2.05, 4.69) is 42.8 Å². The van der Waals surface area contributed by atoms with Gasteiger partial charge in [-0.2, -0.15) is 0 Å². The first-order valence-corrected chi connectivity index (χ1v) is 16.9. The molecule has 4 rings (SSSR count). The van der Waals surface area contributed by atoms with Crippen molar-refractivity contribution < 1.29 is 28.7 Å². The van der Waals surface area contributed by atoms with Crippen molar-refractivity contribution in [1.29, 1.82) is 0 Å². The smallest absolute Gasteiger partial charge is 0.324 e. The molecule has 3 heterocycles. The van der Waals surface area contributed by atoms with E-state index in [0.29, 0.717) is 38.8 Å². The molecule has 0 saturated carbocycles. The molecular formula is C37H52N6O6. The molecule has 1 saturated heterocycles. The van der Waals surface area contributed by atoms with Gasteiger partial charge < -0.3 is 29.1 Å². The molecule has 0 spiro atoms. The summed E-state index contributed by atoms with van der Waals surface area (Å²) in [5.41, 5.74) is 5.19. The number of nitrogens with one attached hydrogen (secondary N) is 1. The number of nitrogens with zero attached hydrogens (tertiary/aromatic N) is 5. The van der Waals surface area contributed by atoms with Gasteiger partial charge in [0.05, 0.1) is 30.1 Å². The van der Waals surface area contributed by atoms with Gasteiger partial charge in [0, 0.05) is 67.1 Å². The van der Waals surface area contributed by atoms with Crippen molar-refractivity contribution in [3.8, 4) is 11.3 Å². The Hall–Kier alpha value is -4.29. The standard InChI is InChI=1S/C37H52N6O6/c1-10-42-31-14-13-27(43-17-16-41(36(43)47)20-26(21-44)39-35(46)33(24(2)3)40(7)8)18-29(31)30(19-37(5,6)22-49-23-45)34(42)28-12-11-15-38-32(28)25(4)48-9/h11-15,18,21,23-26,33H,10,16-17,19-20,22H2,1-9H3,(H,39,46). The average Bonchev–Trinajstić information content (AvgIpc) is 3.58. The molecule has 1 aliphatic heterocycles. The number of carbonyl (C=O) groups is 4. The molecule has 3 unspecified atom stereocenters. The van der Waals surface area contributed by atoms with Crippen LogP contribution in [0.3, 0.4) is 0 Å². The van der Waals surface area contributed by atoms with Gasteiger partial charge in [0.15, 0.2) is 0 Å². The molecule has 1 fully saturated rings. The maximum atomic E-state index is 13.8. The third-order valence-electron chi connectivity index (χ3n) is 9.27. The first-order valence-electron chi connectivity index (χ1n) is 16.9. The molecule has 2 aromatic heterocycles. The van der Waals surface area contributed by atoms with Gasteiger partial charge in [-0.3, -0.25) is 24.4 Å². The minimum atomic E-state index is -0.827. The van der Waals surface area contributed by atoms with E-state index in [9.17, 15) is 19.2 Å². The van der Waals surface area contributed by atoms with Crippen LogP contribution in [0.5, 0.6) is 0 Å². The molecule has 3 atom stereocenters. The Bertz CT molecular complexity index is 1640. The van der Waals surface area contributed by atoms with Crippen molar-refractivity contribution in [3.05, 3.63) is 47.8 Å². The van der Waals surface area contributed by atoms with Crippen molar-refractivity contribution in [1.82, 2.24) is 24.7 Å². The normalized spacial score (nSPS) is 15.6. The number of hydrogen-bond acceptors (Lipinski definition) is 8. The van der Waals surface area contributed by atoms with Gasteiger partial charge in [0.25, 0.3) is 6.47 Å². The lowest BCUT2D eigenvalue weighted by atomic mass is 9.84. The summed E-state index contributed by atoms with van der Waals surface area (Å²) in [4.78, 5) is 59.9. The number of anilines is 1. The fraction of sp³-hybridized carbons (Fsp3) is 0.541. The predicted octanol–water partition coefficient (Wildman–Crippen LogP) is 4.68. The number of urea groups is 1. The minimum Gasteiger partial charge on any atom is -0.467 e. The number of aryl methyl sites for hydroxylation is 1. The number of hydrogen-bond donors (Lipinski definition) is 1. The van der Waals surface area contributed by atoms with E-state index in [-0.39, 0.29) is 37.1 Å². The molecule has 12 heteroatoms. The van der Waals surface area contributed by atoms with Crippen LogP contribution in [-0.2, 0) is 36.8 Å². The Morgan fingerprint density at radius 3 is 2.49 bits per heavy atom. The summed E-state index contributed by atoms with van der Waals surface area (Å²) in [5, 5.41) is 3.82. The molecule has 266 valence electrons. The van der Waals surface area contributed by atoms with E-state index in [0.717, 1.165) is 39.1 Å². The number of likely N-dealkylation sites (N-methyl/N-ethyl adjacent to an activating group) is 1. The monoisotopic (exact) mass is 676 g/mol. The van der Waals surface area contributed by atoms with Crippen LogP contribution >= 0.6 is 0 Å². The van der Waals surface area contributed by atoms with Crippen molar-refractivity contribution in [2.24, 2.45) is 11.3 Å². The highest BCUT2D eigenvalue weighted by Gasteiger charge is 2.34. The first kappa shape index (κ1) is 37.5. The van der Waals surface area contributed by atoms with Crippen LogP contribution in [0.2, 0.25) is 0 Å². The van der Waals surface area contributed by atoms with Crippen LogP contribution in [0.1, 0.15) is 58.9 Å². The minimum absolute atomic E-state index is 0.0466. The lowest BCUT2D eigenvalue weighted by molar-refractivity contribution is -0.131. The van der Waals surface area contributed by atoms with Crippen LogP contribution in [-0.4, -0.2) is 104 Å². The summed E-state index contributed by atoms with van der Waals surface area (Å²) in [6.07, 6.45) is 2.80. The Labute approximate surface area is 289 Å². The zero-order valence-corrected chi connectivity index (χ0v) is 30.4. The topological polar surface area (TPSA) is 126 Å². The van der Waals surface area contributed by atoms with E-state index in [1.807, 2.05) is 58.0 Å². The van der Waals surface area contributed by atoms with E-state index in [1.54, 1.807) is 23.1 Å². The highest BCUT2D eigenvalue weighted by molar-refractivity contribution is 6.00. The van der Waals surface area contributed by atoms with Gasteiger partial charge in [0.2, 0.25) is 5.91 Å². The number of fused-ring (bicyclic) bond motifs is 1. The average molecular weight is 677 g/mol. The fourth-order valence-corrected chi connectivity index (χ4v) is 6.99. The summed E-state index contributed by atoms with van der Waals surface area (Å²) in [7, 11) is 5.33. The maximum Gasteiger partial charge on any atom is 0.324 e. The summed E-state index contributed by atoms with van der Waals surface area (Å²) in [6.45, 7) is 14.4. The molecule has 1 aliphatic rings. The second-order valence-corrected chi connectivity index (χ2v) is 14.1. The van der Waals surface area contributed by atoms with Gasteiger partial charge in [-0.15, -0.1) is 0 Å². The van der Waals surface area contributed by atoms with Crippen LogP contribution < -0.4 is 10.2 Å². The predicted molar refractivity (Wildman–Crippen MR) is 190 cm³/mol. The number of amides is 3. The zero-order valence-electron chi connectivity index (χ0n) is 30.4. The Morgan fingerprint density at radius 1 is 1.14 bits per heavy atom. The Balaban J connectivity index is 1.73. The number of ether oxygens (including phenoxy) is 2. The highest BCUT2D eigenvalue weighted by atomic mass is 16.5. The van der Waals surface area contributed by atoms with Crippen LogP contribution in [0.15, 0.2) is 36.5 Å². The molecule has 1 aromatic carbocycles. The highest BCUT2D eigenvalue weighted by Crippen LogP contribution is 2.41. The Kier molecular flexibility index (Phi) is 12.2. The molecular weight excluding hydrogens is 624 g/mol. The molecule has 12 nitrogen and oxygen atoms in total. The molecule has 3 amide bonds. The van der Waals surface area contributed by atoms with Gasteiger partial charge in [-0.25, -0.2) is 4.79 Å². The second-order valence-electron chi connectivity index (χ2n) is 14.1. The van der Waals surface area contributed by atoms with Crippen LogP contribution in [0, 0.1) is 11.3 Å². The molecule has 1 N–H and O–H groups in total. The van der Waals surface area contributed by atoms with E-state index in [4.69, 9.17) is 14.5 Å². The zero-order chi connectivity index (χ0) is 36.0. The van der Waals surface area contributed by atoms with Gasteiger partial charge >= 0.3 is 6.03 Å². The number of methoxy groups -OCH3 is 1. The number of rotatable bonds is 17. The van der Waals surface area contributed by atoms with Crippen LogP contribution in [0.4, 0.5) is 10.5 Å². The van der Waals surface area contributed by atoms with Crippen molar-refractivity contribution in [2.75, 3.05) is 52.3 Å². The summed E-state index contributed by atoms with van der Waals surface area (Å²) >= 11 is 0. The van der Waals surface area contributed by atoms with E-state index >= 15 is 0 Å². The molecule has 0 aliphatic carbocycles. The summed E-state index contributed by atoms with van der Waals surface area (Å²) in [5.74, 6) is -0.196. The Morgan fingerprint density at radius 2 is 1.88 bits per heavy atom. The second kappa shape index (κ2) is 15.9. The third-order valence-corrected chi connectivity index (χ3v) is 9.27. The summed E-state index contributed by atoms with van der Waals surface area (Å²) < 4.78 is 13.2. The number of aromatic nitrogens is 2. The quantitative estimate of drug-likeness (QED) is 0.204. The molecule has 0 radical (unpaired) electrons. The summed E-state index contributed by atoms with van der Waals surface area (Å²) in [6, 6.07) is 8.58. The fourth-order valence-electron chi connectivity index (χ4n) is 6.99. The van der Waals surface area contributed by atoms with E-state index in [1.165, 1.54) is 0 Å². The van der Waals surface area contributed by atoms with Crippen molar-refractivity contribution in [3.63, 3.8) is 0 Å². The third kappa shape index (κ3) is 8.13. The largest absolute Gasteiger partial charge is 0.467 e. The van der Waals surface area contributed by atoms with Gasteiger partial charge in [-0.05, 0) is 76.2 Å². The van der Waals surface area contributed by atoms with Crippen molar-refractivity contribution >= 4 is 41.3 Å². The number of carbonyl (C=O) groups excluding carboxylic acids is 4. The number of aldehydes is 1. The van der Waals surface area contributed by atoms with E-state index < -0.39 is 17.5 Å². The van der Waals surface area contributed by atoms with Gasteiger partial charge in [-0.1, -0.05) is 27.7 Å². The SMILES string of the molecule is CCn1c(-c2cccnc2C(C)OC)c(CC(C)(C)COC=O)c2cc(N3CCN(CC(C=O)NC(=O)C(C(C)C)N(C)C)C3=O)ccc21. The number of benzene rings is 1. The molecule has 0 bridgehead atoms. The lowest BCUT2D eigenvalue weighted by Crippen LogP contribution is -2.53. The van der Waals surface area contributed by atoms with Crippen LogP contribution in [0.25, 0.3) is 22.2 Å². The van der Waals surface area contributed by atoms with Crippen molar-refractivity contribution in [2.45, 2.75) is 72.7 Å². The lowest BCUT2D eigenvalue weighted by Gasteiger charge is -2.29. The molecule has 49 heavy (non-hydrogen) atoms. The number of pyridine rings is 1. The first-order chi connectivity index (χ1) is 23.3. The van der Waals surface area contributed by atoms with Gasteiger partial charge in [0.1, 0.15) is 12.3 Å². The molecule has 3 aromatic rings.